The zero-order valence-corrected chi connectivity index (χ0v) is 31.1. The molecule has 2 aromatic carbocycles. The molecule has 0 aliphatic carbocycles. The van der Waals surface area contributed by atoms with Gasteiger partial charge in [0, 0.05) is 43.8 Å². The highest BCUT2D eigenvalue weighted by Gasteiger charge is 2.51. The number of nitrogens with zero attached hydrogens (tertiary/aromatic N) is 5. The lowest BCUT2D eigenvalue weighted by molar-refractivity contribution is -0.133. The highest BCUT2D eigenvalue weighted by Crippen LogP contribution is 2.37. The summed E-state index contributed by atoms with van der Waals surface area (Å²) in [5.41, 5.74) is 2.56. The molecule has 0 bridgehead atoms. The third kappa shape index (κ3) is 7.69. The van der Waals surface area contributed by atoms with E-state index in [2.05, 4.69) is 16.8 Å². The monoisotopic (exact) mass is 718 g/mol. The fourth-order valence-electron chi connectivity index (χ4n) is 7.30. The Morgan fingerprint density at radius 1 is 1.00 bits per heavy atom. The van der Waals surface area contributed by atoms with Gasteiger partial charge in [0.2, 0.25) is 0 Å². The second-order valence-electron chi connectivity index (χ2n) is 13.9. The SMILES string of the molecule is CCCCC1=N[C@]2(CCCN(C(=O)N3CCCCC3)C2)C(=O)N1Cc1ccc(-c2ccccc2S(=O)(=O)Nc2noc(C)c2C)c(COCC)c1. The normalized spacial score (nSPS) is 19.6. The van der Waals surface area contributed by atoms with Gasteiger partial charge in [0.05, 0.1) is 24.6 Å². The van der Waals surface area contributed by atoms with Gasteiger partial charge in [-0.25, -0.2) is 13.2 Å². The van der Waals surface area contributed by atoms with Crippen LogP contribution in [0, 0.1) is 13.8 Å². The van der Waals surface area contributed by atoms with E-state index >= 15 is 0 Å². The van der Waals surface area contributed by atoms with Crippen LogP contribution in [-0.2, 0) is 32.7 Å². The molecule has 1 aromatic heterocycles. The van der Waals surface area contributed by atoms with E-state index in [1.807, 2.05) is 39.8 Å². The molecule has 274 valence electrons. The first-order valence-electron chi connectivity index (χ1n) is 18.3. The van der Waals surface area contributed by atoms with Crippen molar-refractivity contribution >= 4 is 33.6 Å². The number of hydrogen-bond acceptors (Lipinski definition) is 8. The number of aryl methyl sites for hydroxylation is 1. The Labute approximate surface area is 301 Å². The molecule has 2 saturated heterocycles. The van der Waals surface area contributed by atoms with Crippen LogP contribution in [0.15, 0.2) is 56.9 Å². The first kappa shape index (κ1) is 36.6. The molecule has 3 aliphatic heterocycles. The molecule has 12 nitrogen and oxygen atoms in total. The largest absolute Gasteiger partial charge is 0.377 e. The van der Waals surface area contributed by atoms with E-state index in [0.717, 1.165) is 68.6 Å². The number of ether oxygens (including phenoxy) is 1. The summed E-state index contributed by atoms with van der Waals surface area (Å²) < 4.78 is 41.1. The number of hydrogen-bond donors (Lipinski definition) is 1. The quantitative estimate of drug-likeness (QED) is 0.221. The fourth-order valence-corrected chi connectivity index (χ4v) is 8.58. The third-order valence-corrected chi connectivity index (χ3v) is 11.6. The summed E-state index contributed by atoms with van der Waals surface area (Å²) in [6.07, 6.45) is 7.06. The molecule has 4 heterocycles. The average molecular weight is 719 g/mol. The van der Waals surface area contributed by atoms with Crippen molar-refractivity contribution in [1.82, 2.24) is 19.9 Å². The van der Waals surface area contributed by atoms with Gasteiger partial charge in [0.15, 0.2) is 11.4 Å². The lowest BCUT2D eigenvalue weighted by atomic mass is 9.89. The summed E-state index contributed by atoms with van der Waals surface area (Å²) >= 11 is 0. The van der Waals surface area contributed by atoms with Gasteiger partial charge in [-0.3, -0.25) is 19.4 Å². The minimum atomic E-state index is -4.04. The van der Waals surface area contributed by atoms with Crippen molar-refractivity contribution in [3.8, 4) is 11.1 Å². The van der Waals surface area contributed by atoms with E-state index in [1.165, 1.54) is 0 Å². The summed E-state index contributed by atoms with van der Waals surface area (Å²) in [6, 6.07) is 12.7. The molecule has 13 heteroatoms. The maximum absolute atomic E-state index is 14.4. The number of amides is 3. The topological polar surface area (TPSA) is 138 Å². The van der Waals surface area contributed by atoms with Crippen molar-refractivity contribution < 1.29 is 27.3 Å². The van der Waals surface area contributed by atoms with Crippen molar-refractivity contribution in [2.24, 2.45) is 4.99 Å². The van der Waals surface area contributed by atoms with Crippen LogP contribution in [0.25, 0.3) is 11.1 Å². The van der Waals surface area contributed by atoms with E-state index < -0.39 is 15.6 Å². The second-order valence-corrected chi connectivity index (χ2v) is 15.5. The maximum Gasteiger partial charge on any atom is 0.320 e. The smallest absolute Gasteiger partial charge is 0.320 e. The first-order chi connectivity index (χ1) is 24.6. The molecular weight excluding hydrogens is 669 g/mol. The molecular formula is C38H50N6O6S. The molecule has 2 fully saturated rings. The van der Waals surface area contributed by atoms with Gasteiger partial charge in [-0.1, -0.05) is 54.9 Å². The van der Waals surface area contributed by atoms with E-state index in [0.29, 0.717) is 61.5 Å². The first-order valence-corrected chi connectivity index (χ1v) is 19.7. The number of sulfonamides is 1. The molecule has 1 atom stereocenters. The minimum Gasteiger partial charge on any atom is -0.377 e. The zero-order chi connectivity index (χ0) is 36.2. The summed E-state index contributed by atoms with van der Waals surface area (Å²) in [6.45, 7) is 11.0. The van der Waals surface area contributed by atoms with Gasteiger partial charge in [-0.2, -0.15) is 0 Å². The van der Waals surface area contributed by atoms with Crippen molar-refractivity contribution in [3.05, 3.63) is 64.9 Å². The van der Waals surface area contributed by atoms with Crippen LogP contribution in [-0.4, -0.2) is 84.4 Å². The van der Waals surface area contributed by atoms with Crippen molar-refractivity contribution in [2.45, 2.75) is 103 Å². The van der Waals surface area contributed by atoms with Crippen LogP contribution in [0.5, 0.6) is 0 Å². The predicted molar refractivity (Wildman–Crippen MR) is 196 cm³/mol. The molecule has 0 saturated carbocycles. The molecule has 3 amide bonds. The van der Waals surface area contributed by atoms with E-state index in [9.17, 15) is 18.0 Å². The minimum absolute atomic E-state index is 0.0188. The standard InChI is InChI=1S/C38H50N6O6S/c1-5-7-16-34-39-38(19-13-22-43(26-38)37(46)42-20-11-8-12-21-42)36(45)44(34)24-29-17-18-31(30(23-29)25-49-6-2)32-14-9-10-15-33(32)51(47,48)41-35-27(3)28(4)50-40-35/h9-10,14-15,17-18,23H,5-8,11-13,16,19-22,24-26H2,1-4H3,(H,40,41)/t38-/m0/s1. The number of nitrogens with one attached hydrogen (secondary N) is 1. The van der Waals surface area contributed by atoms with Crippen LogP contribution in [0.1, 0.15) is 87.7 Å². The number of unbranched alkanes of at least 4 members (excludes halogenated alkanes) is 1. The number of benzene rings is 2. The highest BCUT2D eigenvalue weighted by molar-refractivity contribution is 7.92. The Kier molecular flexibility index (Phi) is 11.2. The molecule has 1 spiro atoms. The number of aliphatic imine (C=N–C) groups is 1. The number of aromatic nitrogens is 1. The van der Waals surface area contributed by atoms with Gasteiger partial charge in [0.1, 0.15) is 11.6 Å². The van der Waals surface area contributed by atoms with Crippen molar-refractivity contribution in [2.75, 3.05) is 37.5 Å². The summed E-state index contributed by atoms with van der Waals surface area (Å²) in [5, 5.41) is 3.89. The Balaban J connectivity index is 1.29. The second kappa shape index (κ2) is 15.6. The predicted octanol–water partition coefficient (Wildman–Crippen LogP) is 6.67. The van der Waals surface area contributed by atoms with Crippen LogP contribution in [0.3, 0.4) is 0 Å². The van der Waals surface area contributed by atoms with Gasteiger partial charge < -0.3 is 19.1 Å². The van der Waals surface area contributed by atoms with Gasteiger partial charge in [-0.15, -0.1) is 0 Å². The Morgan fingerprint density at radius 3 is 2.49 bits per heavy atom. The van der Waals surface area contributed by atoms with Crippen molar-refractivity contribution in [3.63, 3.8) is 0 Å². The molecule has 1 N–H and O–H groups in total. The number of carbonyl (C=O) groups is 2. The maximum atomic E-state index is 14.4. The van der Waals surface area contributed by atoms with Crippen LogP contribution in [0.4, 0.5) is 10.6 Å². The Morgan fingerprint density at radius 2 is 1.76 bits per heavy atom. The van der Waals surface area contributed by atoms with Crippen LogP contribution >= 0.6 is 0 Å². The number of likely N-dealkylation sites (tertiary alicyclic amines) is 2. The fraction of sp³-hybridized carbons (Fsp3) is 0.526. The average Bonchev–Trinajstić information content (AvgIpc) is 3.58. The number of urea groups is 1. The van der Waals surface area contributed by atoms with Gasteiger partial charge >= 0.3 is 6.03 Å². The Bertz CT molecular complexity index is 1880. The number of rotatable bonds is 12. The van der Waals surface area contributed by atoms with Crippen LogP contribution < -0.4 is 4.72 Å². The molecule has 3 aromatic rings. The van der Waals surface area contributed by atoms with E-state index in [1.54, 1.807) is 38.1 Å². The third-order valence-electron chi connectivity index (χ3n) is 10.2. The summed E-state index contributed by atoms with van der Waals surface area (Å²) in [7, 11) is -4.04. The summed E-state index contributed by atoms with van der Waals surface area (Å²) in [5.74, 6) is 1.40. The molecule has 3 aliphatic rings. The molecule has 6 rings (SSSR count). The number of piperidine rings is 2. The lowest BCUT2D eigenvalue weighted by Gasteiger charge is -2.40. The molecule has 0 unspecified atom stereocenters. The molecule has 51 heavy (non-hydrogen) atoms. The van der Waals surface area contributed by atoms with Crippen LogP contribution in [0.2, 0.25) is 0 Å². The summed E-state index contributed by atoms with van der Waals surface area (Å²) in [4.78, 5) is 38.8. The lowest BCUT2D eigenvalue weighted by Crippen LogP contribution is -2.57. The van der Waals surface area contributed by atoms with Crippen molar-refractivity contribution in [1.29, 1.82) is 0 Å². The highest BCUT2D eigenvalue weighted by atomic mass is 32.2. The number of carbonyl (C=O) groups excluding carboxylic acids is 2. The van der Waals surface area contributed by atoms with Gasteiger partial charge in [0.25, 0.3) is 15.9 Å². The Hall–Kier alpha value is -4.23. The number of anilines is 1. The van der Waals surface area contributed by atoms with E-state index in [-0.39, 0.29) is 29.3 Å². The molecule has 0 radical (unpaired) electrons. The number of amidine groups is 1. The van der Waals surface area contributed by atoms with Gasteiger partial charge in [-0.05, 0) is 82.1 Å². The zero-order valence-electron chi connectivity index (χ0n) is 30.2. The van der Waals surface area contributed by atoms with E-state index in [4.69, 9.17) is 14.3 Å².